The number of ether oxygens (including phenoxy) is 2. The standard InChI is InChI=1S/C18H24N2O3/c1-22-15-5-4-12(14-9-19-18(21)20-10-14)8-17(15)23-16-7-11-2-3-13(16)6-11/h4-5,8,11,13-14,16H,2-3,6-7,9-10H2,1H3,(H2,19,20,21)/t11-,13+,16?/m1/s1. The number of methoxy groups -OCH3 is 1. The van der Waals surface area contributed by atoms with E-state index in [4.69, 9.17) is 9.47 Å². The lowest BCUT2D eigenvalue weighted by Gasteiger charge is -2.27. The van der Waals surface area contributed by atoms with Gasteiger partial charge in [0.1, 0.15) is 6.10 Å². The monoisotopic (exact) mass is 316 g/mol. The molecule has 23 heavy (non-hydrogen) atoms. The summed E-state index contributed by atoms with van der Waals surface area (Å²) in [4.78, 5) is 11.2. The predicted octanol–water partition coefficient (Wildman–Crippen LogP) is 2.66. The van der Waals surface area contributed by atoms with Gasteiger partial charge in [0.25, 0.3) is 0 Å². The van der Waals surface area contributed by atoms with E-state index < -0.39 is 0 Å². The van der Waals surface area contributed by atoms with Crippen LogP contribution >= 0.6 is 0 Å². The lowest BCUT2D eigenvalue weighted by molar-refractivity contribution is 0.133. The molecule has 2 aliphatic carbocycles. The fourth-order valence-electron chi connectivity index (χ4n) is 4.34. The molecule has 3 aliphatic rings. The van der Waals surface area contributed by atoms with Crippen LogP contribution in [-0.2, 0) is 0 Å². The maximum Gasteiger partial charge on any atom is 0.314 e. The Balaban J connectivity index is 1.52. The van der Waals surface area contributed by atoms with E-state index >= 15 is 0 Å². The van der Waals surface area contributed by atoms with Gasteiger partial charge in [-0.2, -0.15) is 0 Å². The quantitative estimate of drug-likeness (QED) is 0.898. The number of rotatable bonds is 4. The molecule has 4 rings (SSSR count). The third kappa shape index (κ3) is 2.84. The van der Waals surface area contributed by atoms with Crippen molar-refractivity contribution >= 4 is 6.03 Å². The summed E-state index contributed by atoms with van der Waals surface area (Å²) < 4.78 is 11.8. The van der Waals surface area contributed by atoms with Crippen LogP contribution in [0.4, 0.5) is 4.79 Å². The van der Waals surface area contributed by atoms with Gasteiger partial charge in [0, 0.05) is 19.0 Å². The summed E-state index contributed by atoms with van der Waals surface area (Å²) in [5.74, 6) is 3.48. The molecule has 1 aromatic rings. The zero-order valence-corrected chi connectivity index (χ0v) is 13.5. The summed E-state index contributed by atoms with van der Waals surface area (Å²) in [7, 11) is 1.69. The molecule has 0 aromatic heterocycles. The summed E-state index contributed by atoms with van der Waals surface area (Å²) in [5.41, 5.74) is 1.18. The number of fused-ring (bicyclic) bond motifs is 2. The molecule has 1 aromatic carbocycles. The molecule has 0 spiro atoms. The van der Waals surface area contributed by atoms with Gasteiger partial charge in [-0.3, -0.25) is 0 Å². The van der Waals surface area contributed by atoms with Gasteiger partial charge in [-0.15, -0.1) is 0 Å². The third-order valence-corrected chi connectivity index (χ3v) is 5.63. The minimum atomic E-state index is -0.0896. The Morgan fingerprint density at radius 1 is 1.09 bits per heavy atom. The van der Waals surface area contributed by atoms with Crippen LogP contribution in [0.1, 0.15) is 37.2 Å². The van der Waals surface area contributed by atoms with Crippen molar-refractivity contribution in [2.24, 2.45) is 11.8 Å². The molecule has 124 valence electrons. The number of amides is 2. The summed E-state index contributed by atoms with van der Waals surface area (Å²) >= 11 is 0. The SMILES string of the molecule is COc1ccc(C2CNC(=O)NC2)cc1OC1C[C@@H]2CC[C@H]1C2. The smallest absolute Gasteiger partial charge is 0.314 e. The number of carbonyl (C=O) groups excluding carboxylic acids is 1. The average molecular weight is 316 g/mol. The van der Waals surface area contributed by atoms with E-state index in [1.807, 2.05) is 6.07 Å². The Labute approximate surface area is 136 Å². The van der Waals surface area contributed by atoms with Crippen LogP contribution in [0.5, 0.6) is 11.5 Å². The Morgan fingerprint density at radius 2 is 1.91 bits per heavy atom. The summed E-state index contributed by atoms with van der Waals surface area (Å²) in [6.45, 7) is 1.32. The van der Waals surface area contributed by atoms with Crippen LogP contribution < -0.4 is 20.1 Å². The van der Waals surface area contributed by atoms with E-state index in [9.17, 15) is 4.79 Å². The highest BCUT2D eigenvalue weighted by molar-refractivity contribution is 5.75. The molecule has 0 radical (unpaired) electrons. The third-order valence-electron chi connectivity index (χ3n) is 5.63. The molecule has 3 fully saturated rings. The normalized spacial score (nSPS) is 30.0. The van der Waals surface area contributed by atoms with E-state index in [0.29, 0.717) is 25.1 Å². The number of carbonyl (C=O) groups is 1. The van der Waals surface area contributed by atoms with Crippen LogP contribution in [0.3, 0.4) is 0 Å². The second kappa shape index (κ2) is 5.95. The largest absolute Gasteiger partial charge is 0.493 e. The number of hydrogen-bond acceptors (Lipinski definition) is 3. The zero-order chi connectivity index (χ0) is 15.8. The molecular weight excluding hydrogens is 292 g/mol. The van der Waals surface area contributed by atoms with Crippen molar-refractivity contribution in [3.05, 3.63) is 23.8 Å². The van der Waals surface area contributed by atoms with Crippen molar-refractivity contribution in [3.8, 4) is 11.5 Å². The van der Waals surface area contributed by atoms with Gasteiger partial charge in [-0.25, -0.2) is 4.79 Å². The van der Waals surface area contributed by atoms with Crippen molar-refractivity contribution in [1.82, 2.24) is 10.6 Å². The lowest BCUT2D eigenvalue weighted by Crippen LogP contribution is -2.47. The van der Waals surface area contributed by atoms with E-state index in [-0.39, 0.29) is 11.9 Å². The predicted molar refractivity (Wildman–Crippen MR) is 87.0 cm³/mol. The highest BCUT2D eigenvalue weighted by atomic mass is 16.5. The van der Waals surface area contributed by atoms with E-state index in [0.717, 1.165) is 17.4 Å². The fourth-order valence-corrected chi connectivity index (χ4v) is 4.34. The van der Waals surface area contributed by atoms with Crippen molar-refractivity contribution in [2.75, 3.05) is 20.2 Å². The topological polar surface area (TPSA) is 59.6 Å². The van der Waals surface area contributed by atoms with Crippen molar-refractivity contribution in [1.29, 1.82) is 0 Å². The van der Waals surface area contributed by atoms with Crippen LogP contribution in [0.15, 0.2) is 18.2 Å². The Bertz CT molecular complexity index is 594. The van der Waals surface area contributed by atoms with Gasteiger partial charge < -0.3 is 20.1 Å². The molecule has 2 N–H and O–H groups in total. The maximum absolute atomic E-state index is 11.2. The van der Waals surface area contributed by atoms with Gasteiger partial charge in [-0.1, -0.05) is 6.07 Å². The van der Waals surface area contributed by atoms with E-state index in [1.54, 1.807) is 7.11 Å². The van der Waals surface area contributed by atoms with E-state index in [2.05, 4.69) is 22.8 Å². The second-order valence-electron chi connectivity index (χ2n) is 7.03. The first kappa shape index (κ1) is 14.7. The van der Waals surface area contributed by atoms with Crippen molar-refractivity contribution in [3.63, 3.8) is 0 Å². The highest BCUT2D eigenvalue weighted by Crippen LogP contribution is 2.47. The minimum Gasteiger partial charge on any atom is -0.493 e. The molecule has 1 unspecified atom stereocenters. The molecule has 5 nitrogen and oxygen atoms in total. The summed E-state index contributed by atoms with van der Waals surface area (Å²) in [6, 6.07) is 6.05. The molecule has 5 heteroatoms. The van der Waals surface area contributed by atoms with Gasteiger partial charge in [0.2, 0.25) is 0 Å². The Hall–Kier alpha value is -1.91. The molecule has 3 atom stereocenters. The maximum atomic E-state index is 11.2. The van der Waals surface area contributed by atoms with Crippen LogP contribution in [-0.4, -0.2) is 32.3 Å². The molecule has 2 saturated carbocycles. The first-order chi connectivity index (χ1) is 11.2. The van der Waals surface area contributed by atoms with Gasteiger partial charge in [-0.05, 0) is 55.2 Å². The first-order valence-electron chi connectivity index (χ1n) is 8.59. The van der Waals surface area contributed by atoms with Gasteiger partial charge in [0.15, 0.2) is 11.5 Å². The fraction of sp³-hybridized carbons (Fsp3) is 0.611. The van der Waals surface area contributed by atoms with Gasteiger partial charge >= 0.3 is 6.03 Å². The summed E-state index contributed by atoms with van der Waals surface area (Å²) in [6.07, 6.45) is 5.51. The first-order valence-corrected chi connectivity index (χ1v) is 8.59. The average Bonchev–Trinajstić information content (AvgIpc) is 3.18. The zero-order valence-electron chi connectivity index (χ0n) is 13.5. The summed E-state index contributed by atoms with van der Waals surface area (Å²) in [5, 5.41) is 5.70. The number of benzene rings is 1. The van der Waals surface area contributed by atoms with E-state index in [1.165, 1.54) is 31.2 Å². The number of urea groups is 1. The van der Waals surface area contributed by atoms with Crippen molar-refractivity contribution in [2.45, 2.75) is 37.7 Å². The van der Waals surface area contributed by atoms with Crippen LogP contribution in [0.25, 0.3) is 0 Å². The molecular formula is C18H24N2O3. The molecule has 2 bridgehead atoms. The Kier molecular flexibility index (Phi) is 3.79. The molecule has 1 heterocycles. The molecule has 2 amide bonds. The number of nitrogens with one attached hydrogen (secondary N) is 2. The van der Waals surface area contributed by atoms with Gasteiger partial charge in [0.05, 0.1) is 7.11 Å². The van der Waals surface area contributed by atoms with Crippen LogP contribution in [0, 0.1) is 11.8 Å². The highest BCUT2D eigenvalue weighted by Gasteiger charge is 2.41. The molecule has 1 aliphatic heterocycles. The molecule has 1 saturated heterocycles. The van der Waals surface area contributed by atoms with Crippen molar-refractivity contribution < 1.29 is 14.3 Å². The second-order valence-corrected chi connectivity index (χ2v) is 7.03. The van der Waals surface area contributed by atoms with Crippen LogP contribution in [0.2, 0.25) is 0 Å². The lowest BCUT2D eigenvalue weighted by atomic mass is 9.96. The minimum absolute atomic E-state index is 0.0896. The Morgan fingerprint density at radius 3 is 2.57 bits per heavy atom. The number of hydrogen-bond donors (Lipinski definition) is 2.